The molecule has 3 aromatic rings. The lowest BCUT2D eigenvalue weighted by molar-refractivity contribution is -0.116. The van der Waals surface area contributed by atoms with Crippen molar-refractivity contribution in [2.24, 2.45) is 0 Å². The molecule has 2 aliphatic rings. The number of piperidine rings is 1. The largest absolute Gasteiger partial charge is 0.326 e. The van der Waals surface area contributed by atoms with Crippen LogP contribution in [0.4, 0.5) is 10.1 Å². The predicted molar refractivity (Wildman–Crippen MR) is 120 cm³/mol. The average Bonchev–Trinajstić information content (AvgIpc) is 3.15. The molecular weight excluding hydrogens is 397 g/mol. The quantitative estimate of drug-likeness (QED) is 0.619. The summed E-state index contributed by atoms with van der Waals surface area (Å²) in [6, 6.07) is 11.5. The summed E-state index contributed by atoms with van der Waals surface area (Å²) in [5.74, 6) is 0.676. The van der Waals surface area contributed by atoms with Gasteiger partial charge in [0, 0.05) is 30.0 Å². The van der Waals surface area contributed by atoms with Crippen molar-refractivity contribution in [3.63, 3.8) is 0 Å². The van der Waals surface area contributed by atoms with Crippen LogP contribution in [-0.4, -0.2) is 34.8 Å². The van der Waals surface area contributed by atoms with Gasteiger partial charge in [-0.25, -0.2) is 4.39 Å². The molecule has 6 heteroatoms. The lowest BCUT2D eigenvalue weighted by atomic mass is 9.90. The summed E-state index contributed by atoms with van der Waals surface area (Å²) in [6.45, 7) is 5.32. The number of hydrogen-bond donors (Lipinski definition) is 1. The Morgan fingerprint density at radius 2 is 2.03 bits per heavy atom. The van der Waals surface area contributed by atoms with E-state index >= 15 is 0 Å². The van der Waals surface area contributed by atoms with Gasteiger partial charge in [-0.1, -0.05) is 19.1 Å². The third-order valence-electron chi connectivity index (χ3n) is 6.57. The van der Waals surface area contributed by atoms with Gasteiger partial charge in [-0.3, -0.25) is 4.79 Å². The normalized spacial score (nSPS) is 20.3. The molecule has 0 saturated carbocycles. The van der Waals surface area contributed by atoms with E-state index in [1.54, 1.807) is 12.1 Å². The van der Waals surface area contributed by atoms with Crippen molar-refractivity contribution < 1.29 is 9.18 Å². The standard InChI is InChI=1S/C24H26FN3OS/c1-15-12-23(29)26-21-5-2-16(13-20(15)21)6-9-28-10-7-17(8-11-28)24-19-4-3-18(25)14-22(19)30-27-24/h2-5,13-15,17H,6-12H2,1H3,(H,26,29)/t15-/m0/s1. The monoisotopic (exact) mass is 423 g/mol. The van der Waals surface area contributed by atoms with Gasteiger partial charge in [0.25, 0.3) is 0 Å². The van der Waals surface area contributed by atoms with Gasteiger partial charge >= 0.3 is 0 Å². The minimum atomic E-state index is -0.188. The number of likely N-dealkylation sites (tertiary alicyclic amines) is 1. The number of amides is 1. The first-order valence-corrected chi connectivity index (χ1v) is 11.5. The Bertz CT molecular complexity index is 1090. The van der Waals surface area contributed by atoms with Crippen LogP contribution >= 0.6 is 11.5 Å². The smallest absolute Gasteiger partial charge is 0.224 e. The van der Waals surface area contributed by atoms with Crippen molar-refractivity contribution in [2.75, 3.05) is 25.0 Å². The van der Waals surface area contributed by atoms with Gasteiger partial charge in [0.05, 0.1) is 10.4 Å². The Morgan fingerprint density at radius 3 is 2.87 bits per heavy atom. The van der Waals surface area contributed by atoms with Gasteiger partial charge in [-0.05, 0) is 85.2 Å². The number of nitrogens with one attached hydrogen (secondary N) is 1. The van der Waals surface area contributed by atoms with Crippen LogP contribution in [0.15, 0.2) is 36.4 Å². The van der Waals surface area contributed by atoms with Gasteiger partial charge in [0.15, 0.2) is 0 Å². The fourth-order valence-electron chi connectivity index (χ4n) is 4.82. The molecule has 1 aromatic heterocycles. The number of hydrogen-bond acceptors (Lipinski definition) is 4. The number of benzene rings is 2. The Kier molecular flexibility index (Phi) is 5.29. The van der Waals surface area contributed by atoms with E-state index in [2.05, 4.69) is 39.7 Å². The Labute approximate surface area is 180 Å². The molecule has 1 saturated heterocycles. The van der Waals surface area contributed by atoms with Crippen molar-refractivity contribution in [3.8, 4) is 0 Å². The summed E-state index contributed by atoms with van der Waals surface area (Å²) in [5, 5.41) is 4.10. The zero-order valence-electron chi connectivity index (χ0n) is 17.2. The van der Waals surface area contributed by atoms with Crippen molar-refractivity contribution in [1.29, 1.82) is 0 Å². The second-order valence-electron chi connectivity index (χ2n) is 8.65. The molecule has 1 atom stereocenters. The zero-order chi connectivity index (χ0) is 20.7. The van der Waals surface area contributed by atoms with E-state index in [0.29, 0.717) is 12.3 Å². The van der Waals surface area contributed by atoms with E-state index in [-0.39, 0.29) is 17.6 Å². The summed E-state index contributed by atoms with van der Waals surface area (Å²) < 4.78 is 19.1. The molecule has 1 N–H and O–H groups in total. The lowest BCUT2D eigenvalue weighted by Gasteiger charge is -2.31. The predicted octanol–water partition coefficient (Wildman–Crippen LogP) is 5.30. The molecule has 2 aromatic carbocycles. The van der Waals surface area contributed by atoms with E-state index in [0.717, 1.165) is 60.4 Å². The van der Waals surface area contributed by atoms with Gasteiger partial charge in [-0.15, -0.1) is 0 Å². The molecule has 5 rings (SSSR count). The molecule has 156 valence electrons. The maximum Gasteiger partial charge on any atom is 0.224 e. The second-order valence-corrected chi connectivity index (χ2v) is 9.45. The average molecular weight is 424 g/mol. The van der Waals surface area contributed by atoms with E-state index < -0.39 is 0 Å². The molecular formula is C24H26FN3OS. The van der Waals surface area contributed by atoms with Gasteiger partial charge in [0.1, 0.15) is 5.82 Å². The van der Waals surface area contributed by atoms with Crippen LogP contribution in [0.3, 0.4) is 0 Å². The third-order valence-corrected chi connectivity index (χ3v) is 7.39. The van der Waals surface area contributed by atoms with E-state index in [1.165, 1.54) is 22.7 Å². The van der Waals surface area contributed by atoms with Crippen LogP contribution in [0.2, 0.25) is 0 Å². The maximum atomic E-state index is 13.4. The number of fused-ring (bicyclic) bond motifs is 2. The first-order valence-electron chi connectivity index (χ1n) is 10.8. The van der Waals surface area contributed by atoms with Crippen LogP contribution in [0.5, 0.6) is 0 Å². The first kappa shape index (κ1) is 19.6. The highest BCUT2D eigenvalue weighted by Gasteiger charge is 2.25. The van der Waals surface area contributed by atoms with Gasteiger partial charge in [0.2, 0.25) is 5.91 Å². The fourth-order valence-corrected chi connectivity index (χ4v) is 5.70. The molecule has 0 aliphatic carbocycles. The molecule has 3 heterocycles. The van der Waals surface area contributed by atoms with Crippen molar-refractivity contribution >= 4 is 33.2 Å². The zero-order valence-corrected chi connectivity index (χ0v) is 18.0. The molecule has 2 aliphatic heterocycles. The summed E-state index contributed by atoms with van der Waals surface area (Å²) in [4.78, 5) is 14.3. The molecule has 1 fully saturated rings. The highest BCUT2D eigenvalue weighted by molar-refractivity contribution is 7.13. The lowest BCUT2D eigenvalue weighted by Crippen LogP contribution is -2.34. The molecule has 0 unspecified atom stereocenters. The summed E-state index contributed by atoms with van der Waals surface area (Å²) in [7, 11) is 0. The van der Waals surface area contributed by atoms with E-state index in [9.17, 15) is 9.18 Å². The van der Waals surface area contributed by atoms with Gasteiger partial charge < -0.3 is 10.2 Å². The Morgan fingerprint density at radius 1 is 1.20 bits per heavy atom. The first-order chi connectivity index (χ1) is 14.6. The third kappa shape index (κ3) is 3.86. The number of carbonyl (C=O) groups is 1. The SMILES string of the molecule is C[C@H]1CC(=O)Nc2ccc(CCN3CCC(c4nsc5cc(F)ccc45)CC3)cc21. The summed E-state index contributed by atoms with van der Waals surface area (Å²) in [6.07, 6.45) is 3.80. The molecule has 1 amide bonds. The van der Waals surface area contributed by atoms with Gasteiger partial charge in [-0.2, -0.15) is 4.37 Å². The van der Waals surface area contributed by atoms with E-state index in [4.69, 9.17) is 0 Å². The highest BCUT2D eigenvalue weighted by Crippen LogP contribution is 2.35. The van der Waals surface area contributed by atoms with Crippen LogP contribution in [0, 0.1) is 5.82 Å². The molecule has 0 radical (unpaired) electrons. The topological polar surface area (TPSA) is 45.2 Å². The second kappa shape index (κ2) is 8.08. The molecule has 0 spiro atoms. The molecule has 30 heavy (non-hydrogen) atoms. The minimum absolute atomic E-state index is 0.114. The van der Waals surface area contributed by atoms with Crippen LogP contribution in [-0.2, 0) is 11.2 Å². The number of carbonyl (C=O) groups excluding carboxylic acids is 1. The number of aromatic nitrogens is 1. The molecule has 4 nitrogen and oxygen atoms in total. The highest BCUT2D eigenvalue weighted by atomic mass is 32.1. The number of anilines is 1. The Hall–Kier alpha value is -2.31. The summed E-state index contributed by atoms with van der Waals surface area (Å²) >= 11 is 1.41. The van der Waals surface area contributed by atoms with Crippen molar-refractivity contribution in [2.45, 2.75) is 44.4 Å². The van der Waals surface area contributed by atoms with E-state index in [1.807, 2.05) is 6.07 Å². The number of nitrogens with zero attached hydrogens (tertiary/aromatic N) is 2. The Balaban J connectivity index is 1.19. The summed E-state index contributed by atoms with van der Waals surface area (Å²) in [5.41, 5.74) is 4.73. The maximum absolute atomic E-state index is 13.4. The van der Waals surface area contributed by atoms with Crippen molar-refractivity contribution in [1.82, 2.24) is 9.27 Å². The minimum Gasteiger partial charge on any atom is -0.326 e. The fraction of sp³-hybridized carbons (Fsp3) is 0.417. The van der Waals surface area contributed by atoms with Crippen LogP contribution < -0.4 is 5.32 Å². The van der Waals surface area contributed by atoms with Crippen LogP contribution in [0.25, 0.3) is 10.1 Å². The number of halogens is 1. The van der Waals surface area contributed by atoms with Crippen LogP contribution in [0.1, 0.15) is 54.8 Å². The van der Waals surface area contributed by atoms with Crippen molar-refractivity contribution in [3.05, 3.63) is 59.0 Å². The number of rotatable bonds is 4. The molecule has 0 bridgehead atoms.